The SMILES string of the molecule is O=C(NCCc1ncn[nH]1)[C@@H]1Cc2ccccc2N1. The number of nitrogens with one attached hydrogen (secondary N) is 3. The summed E-state index contributed by atoms with van der Waals surface area (Å²) < 4.78 is 0. The van der Waals surface area contributed by atoms with Crippen LogP contribution in [0.3, 0.4) is 0 Å². The highest BCUT2D eigenvalue weighted by Crippen LogP contribution is 2.24. The van der Waals surface area contributed by atoms with Gasteiger partial charge in [0.2, 0.25) is 5.91 Å². The second kappa shape index (κ2) is 5.09. The highest BCUT2D eigenvalue weighted by molar-refractivity contribution is 5.87. The first-order chi connectivity index (χ1) is 9.33. The van der Waals surface area contributed by atoms with Crippen LogP contribution < -0.4 is 10.6 Å². The fourth-order valence-electron chi connectivity index (χ4n) is 2.23. The maximum absolute atomic E-state index is 12.0. The molecule has 1 aliphatic heterocycles. The van der Waals surface area contributed by atoms with Crippen LogP contribution in [-0.2, 0) is 17.6 Å². The number of nitrogens with zero attached hydrogens (tertiary/aromatic N) is 2. The minimum absolute atomic E-state index is 0.0238. The molecule has 1 atom stereocenters. The number of anilines is 1. The van der Waals surface area contributed by atoms with E-state index < -0.39 is 0 Å². The minimum Gasteiger partial charge on any atom is -0.373 e. The molecule has 2 heterocycles. The Labute approximate surface area is 110 Å². The summed E-state index contributed by atoms with van der Waals surface area (Å²) in [6, 6.07) is 7.83. The molecule has 98 valence electrons. The van der Waals surface area contributed by atoms with E-state index in [1.165, 1.54) is 11.9 Å². The van der Waals surface area contributed by atoms with Crippen molar-refractivity contribution in [2.75, 3.05) is 11.9 Å². The summed E-state index contributed by atoms with van der Waals surface area (Å²) in [7, 11) is 0. The number of benzene rings is 1. The number of carbonyl (C=O) groups is 1. The summed E-state index contributed by atoms with van der Waals surface area (Å²) in [6.07, 6.45) is 2.86. The van der Waals surface area contributed by atoms with Crippen LogP contribution >= 0.6 is 0 Å². The van der Waals surface area contributed by atoms with Gasteiger partial charge in [-0.2, -0.15) is 5.10 Å². The smallest absolute Gasteiger partial charge is 0.242 e. The van der Waals surface area contributed by atoms with E-state index in [0.29, 0.717) is 13.0 Å². The van der Waals surface area contributed by atoms with Gasteiger partial charge in [-0.05, 0) is 11.6 Å². The predicted octanol–water partition coefficient (Wildman–Crippen LogP) is 0.500. The topological polar surface area (TPSA) is 82.7 Å². The molecule has 1 aromatic carbocycles. The lowest BCUT2D eigenvalue weighted by Crippen LogP contribution is -2.39. The van der Waals surface area contributed by atoms with E-state index >= 15 is 0 Å². The third kappa shape index (κ3) is 2.57. The van der Waals surface area contributed by atoms with Gasteiger partial charge in [0.1, 0.15) is 18.2 Å². The van der Waals surface area contributed by atoms with Crippen molar-refractivity contribution in [3.05, 3.63) is 42.0 Å². The van der Waals surface area contributed by atoms with Crippen molar-refractivity contribution >= 4 is 11.6 Å². The van der Waals surface area contributed by atoms with Crippen molar-refractivity contribution < 1.29 is 4.79 Å². The monoisotopic (exact) mass is 257 g/mol. The van der Waals surface area contributed by atoms with Crippen LogP contribution in [-0.4, -0.2) is 33.7 Å². The number of aromatic amines is 1. The maximum atomic E-state index is 12.0. The van der Waals surface area contributed by atoms with Crippen LogP contribution in [0.25, 0.3) is 0 Å². The summed E-state index contributed by atoms with van der Waals surface area (Å²) >= 11 is 0. The largest absolute Gasteiger partial charge is 0.373 e. The first-order valence-corrected chi connectivity index (χ1v) is 6.29. The van der Waals surface area contributed by atoms with Crippen LogP contribution in [0.5, 0.6) is 0 Å². The van der Waals surface area contributed by atoms with E-state index in [1.54, 1.807) is 0 Å². The Hall–Kier alpha value is -2.37. The molecule has 0 saturated carbocycles. The average Bonchev–Trinajstić information content (AvgIpc) is 3.07. The number of para-hydroxylation sites is 1. The number of amides is 1. The molecule has 0 radical (unpaired) electrons. The zero-order valence-electron chi connectivity index (χ0n) is 10.4. The first kappa shape index (κ1) is 11.7. The van der Waals surface area contributed by atoms with Gasteiger partial charge in [-0.3, -0.25) is 9.89 Å². The molecular weight excluding hydrogens is 242 g/mol. The van der Waals surface area contributed by atoms with E-state index in [0.717, 1.165) is 17.9 Å². The summed E-state index contributed by atoms with van der Waals surface area (Å²) in [5, 5.41) is 12.7. The lowest BCUT2D eigenvalue weighted by molar-refractivity contribution is -0.121. The molecule has 2 aromatic rings. The Morgan fingerprint density at radius 2 is 2.32 bits per heavy atom. The van der Waals surface area contributed by atoms with Gasteiger partial charge < -0.3 is 10.6 Å². The van der Waals surface area contributed by atoms with Crippen molar-refractivity contribution in [2.24, 2.45) is 0 Å². The van der Waals surface area contributed by atoms with E-state index in [2.05, 4.69) is 25.8 Å². The van der Waals surface area contributed by atoms with Gasteiger partial charge in [-0.25, -0.2) is 4.98 Å². The van der Waals surface area contributed by atoms with Crippen molar-refractivity contribution in [3.8, 4) is 0 Å². The quantitative estimate of drug-likeness (QED) is 0.745. The Balaban J connectivity index is 1.50. The molecule has 1 aromatic heterocycles. The summed E-state index contributed by atoms with van der Waals surface area (Å²) in [5.41, 5.74) is 2.25. The van der Waals surface area contributed by atoms with Crippen molar-refractivity contribution in [1.29, 1.82) is 0 Å². The number of hydrogen-bond acceptors (Lipinski definition) is 4. The summed E-state index contributed by atoms with van der Waals surface area (Å²) in [6.45, 7) is 0.558. The van der Waals surface area contributed by atoms with Crippen molar-refractivity contribution in [1.82, 2.24) is 20.5 Å². The van der Waals surface area contributed by atoms with Gasteiger partial charge in [0, 0.05) is 25.1 Å². The van der Waals surface area contributed by atoms with Crippen LogP contribution in [0.2, 0.25) is 0 Å². The molecule has 6 heteroatoms. The predicted molar refractivity (Wildman–Crippen MR) is 70.7 cm³/mol. The third-order valence-electron chi connectivity index (χ3n) is 3.21. The van der Waals surface area contributed by atoms with Gasteiger partial charge in [-0.1, -0.05) is 18.2 Å². The normalized spacial score (nSPS) is 16.7. The van der Waals surface area contributed by atoms with Gasteiger partial charge in [-0.15, -0.1) is 0 Å². The Morgan fingerprint density at radius 3 is 3.11 bits per heavy atom. The molecule has 3 rings (SSSR count). The standard InChI is InChI=1S/C13H15N5O/c19-13(14-6-5-12-15-8-16-18-12)11-7-9-3-1-2-4-10(9)17-11/h1-4,8,11,17H,5-7H2,(H,14,19)(H,15,16,18)/t11-/m0/s1. The second-order valence-electron chi connectivity index (χ2n) is 4.53. The lowest BCUT2D eigenvalue weighted by Gasteiger charge is -2.11. The summed E-state index contributed by atoms with van der Waals surface area (Å²) in [4.78, 5) is 16.0. The highest BCUT2D eigenvalue weighted by atomic mass is 16.2. The molecule has 1 amide bonds. The van der Waals surface area contributed by atoms with E-state index in [4.69, 9.17) is 0 Å². The number of H-pyrrole nitrogens is 1. The number of hydrogen-bond donors (Lipinski definition) is 3. The molecule has 0 unspecified atom stereocenters. The van der Waals surface area contributed by atoms with Crippen molar-refractivity contribution in [2.45, 2.75) is 18.9 Å². The van der Waals surface area contributed by atoms with E-state index in [-0.39, 0.29) is 11.9 Å². The molecule has 3 N–H and O–H groups in total. The van der Waals surface area contributed by atoms with Crippen molar-refractivity contribution in [3.63, 3.8) is 0 Å². The van der Waals surface area contributed by atoms with Crippen LogP contribution in [0.15, 0.2) is 30.6 Å². The van der Waals surface area contributed by atoms with Crippen LogP contribution in [0.1, 0.15) is 11.4 Å². The van der Waals surface area contributed by atoms with Gasteiger partial charge in [0.25, 0.3) is 0 Å². The van der Waals surface area contributed by atoms with Crippen LogP contribution in [0, 0.1) is 0 Å². The number of fused-ring (bicyclic) bond motifs is 1. The number of rotatable bonds is 4. The first-order valence-electron chi connectivity index (χ1n) is 6.29. The lowest BCUT2D eigenvalue weighted by atomic mass is 10.1. The fourth-order valence-corrected chi connectivity index (χ4v) is 2.23. The molecule has 0 bridgehead atoms. The summed E-state index contributed by atoms with van der Waals surface area (Å²) in [5.74, 6) is 0.804. The minimum atomic E-state index is -0.174. The molecule has 0 aliphatic carbocycles. The fraction of sp³-hybridized carbons (Fsp3) is 0.308. The molecule has 19 heavy (non-hydrogen) atoms. The number of carbonyl (C=O) groups excluding carboxylic acids is 1. The Morgan fingerprint density at radius 1 is 1.42 bits per heavy atom. The van der Waals surface area contributed by atoms with Gasteiger partial charge >= 0.3 is 0 Å². The molecule has 0 fully saturated rings. The van der Waals surface area contributed by atoms with Gasteiger partial charge in [0.05, 0.1) is 0 Å². The zero-order valence-corrected chi connectivity index (χ0v) is 10.4. The third-order valence-corrected chi connectivity index (χ3v) is 3.21. The maximum Gasteiger partial charge on any atom is 0.242 e. The molecule has 6 nitrogen and oxygen atoms in total. The Bertz CT molecular complexity index is 541. The molecule has 1 aliphatic rings. The second-order valence-corrected chi connectivity index (χ2v) is 4.53. The Kier molecular flexibility index (Phi) is 3.14. The zero-order chi connectivity index (χ0) is 13.1. The molecule has 0 saturated heterocycles. The number of aromatic nitrogens is 3. The van der Waals surface area contributed by atoms with Gasteiger partial charge in [0.15, 0.2) is 0 Å². The van der Waals surface area contributed by atoms with E-state index in [9.17, 15) is 4.79 Å². The average molecular weight is 257 g/mol. The highest BCUT2D eigenvalue weighted by Gasteiger charge is 2.25. The molecule has 0 spiro atoms. The van der Waals surface area contributed by atoms with E-state index in [1.807, 2.05) is 24.3 Å². The molecular formula is C13H15N5O. The van der Waals surface area contributed by atoms with Crippen LogP contribution in [0.4, 0.5) is 5.69 Å².